The fourth-order valence-corrected chi connectivity index (χ4v) is 4.44. The number of hydrogen-bond donors (Lipinski definition) is 0. The maximum atomic E-state index is 11.9. The molecule has 0 saturated heterocycles. The normalized spacial score (nSPS) is 11.6. The Balaban J connectivity index is 1.78. The summed E-state index contributed by atoms with van der Waals surface area (Å²) in [5, 5.41) is 0.931. The average molecular weight is 457 g/mol. The third-order valence-electron chi connectivity index (χ3n) is 4.89. The zero-order valence-electron chi connectivity index (χ0n) is 16.3. The highest BCUT2D eigenvalue weighted by atomic mass is 35.5. The molecule has 1 aromatic heterocycles. The van der Waals surface area contributed by atoms with Crippen molar-refractivity contribution in [3.8, 4) is 28.2 Å². The number of nitrogens with zero attached hydrogens (tertiary/aromatic N) is 2. The number of rotatable bonds is 4. The molecular formula is C23H18Cl2N2O2S. The van der Waals surface area contributed by atoms with Crippen LogP contribution in [0.15, 0.2) is 78.0 Å². The third kappa shape index (κ3) is 3.88. The lowest BCUT2D eigenvalue weighted by molar-refractivity contribution is 0.602. The summed E-state index contributed by atoms with van der Waals surface area (Å²) < 4.78 is 25.7. The molecule has 7 heteroatoms. The predicted octanol–water partition coefficient (Wildman–Crippen LogP) is 6.23. The Morgan fingerprint density at radius 1 is 0.933 bits per heavy atom. The van der Waals surface area contributed by atoms with Crippen molar-refractivity contribution in [2.45, 2.75) is 11.8 Å². The van der Waals surface area contributed by atoms with Crippen LogP contribution in [0.2, 0.25) is 10.0 Å². The first-order chi connectivity index (χ1) is 14.3. The monoisotopic (exact) mass is 456 g/mol. The molecule has 0 aliphatic carbocycles. The van der Waals surface area contributed by atoms with E-state index < -0.39 is 9.84 Å². The van der Waals surface area contributed by atoms with Crippen LogP contribution in [0.5, 0.6) is 0 Å². The number of aromatic nitrogens is 2. The molecule has 1 heterocycles. The smallest absolute Gasteiger partial charge is 0.175 e. The van der Waals surface area contributed by atoms with Crippen LogP contribution in [-0.4, -0.2) is 24.2 Å². The molecular weight excluding hydrogens is 439 g/mol. The highest BCUT2D eigenvalue weighted by Gasteiger charge is 2.15. The Morgan fingerprint density at radius 3 is 2.40 bits per heavy atom. The van der Waals surface area contributed by atoms with Gasteiger partial charge in [-0.3, -0.25) is 4.57 Å². The minimum absolute atomic E-state index is 0.300. The number of benzene rings is 3. The number of halogens is 2. The van der Waals surface area contributed by atoms with Crippen molar-refractivity contribution in [3.05, 3.63) is 88.7 Å². The van der Waals surface area contributed by atoms with E-state index in [0.29, 0.717) is 20.8 Å². The molecule has 152 valence electrons. The molecule has 0 aliphatic rings. The van der Waals surface area contributed by atoms with E-state index in [-0.39, 0.29) is 0 Å². The maximum Gasteiger partial charge on any atom is 0.175 e. The van der Waals surface area contributed by atoms with Crippen LogP contribution >= 0.6 is 23.2 Å². The summed E-state index contributed by atoms with van der Waals surface area (Å²) in [6.45, 7) is 2.00. The molecule has 30 heavy (non-hydrogen) atoms. The van der Waals surface area contributed by atoms with Crippen LogP contribution in [0.4, 0.5) is 0 Å². The standard InChI is InChI=1S/C23H18Cl2N2O2S/c1-15-13-17(16-5-3-6-18(14-16)30(2,28)29)9-10-21(15)27-12-11-26-23(27)19-7-4-8-20(24)22(19)25/h3-14H,1-2H3. The minimum Gasteiger partial charge on any atom is -0.299 e. The summed E-state index contributed by atoms with van der Waals surface area (Å²) in [7, 11) is -3.27. The van der Waals surface area contributed by atoms with Gasteiger partial charge in [0.25, 0.3) is 0 Å². The van der Waals surface area contributed by atoms with Crippen LogP contribution in [-0.2, 0) is 9.84 Å². The van der Waals surface area contributed by atoms with Crippen LogP contribution in [0.1, 0.15) is 5.56 Å². The van der Waals surface area contributed by atoms with E-state index in [0.717, 1.165) is 27.9 Å². The van der Waals surface area contributed by atoms with Crippen LogP contribution in [0.3, 0.4) is 0 Å². The molecule has 0 bridgehead atoms. The molecule has 4 aromatic rings. The topological polar surface area (TPSA) is 52.0 Å². The Bertz CT molecular complexity index is 1360. The lowest BCUT2D eigenvalue weighted by Gasteiger charge is -2.14. The second kappa shape index (κ2) is 7.91. The van der Waals surface area contributed by atoms with Crippen molar-refractivity contribution in [2.24, 2.45) is 0 Å². The summed E-state index contributed by atoms with van der Waals surface area (Å²) in [6, 6.07) is 18.4. The van der Waals surface area contributed by atoms with Gasteiger partial charge in [0.1, 0.15) is 5.82 Å². The van der Waals surface area contributed by atoms with Gasteiger partial charge in [0, 0.05) is 24.2 Å². The van der Waals surface area contributed by atoms with Gasteiger partial charge in [-0.25, -0.2) is 13.4 Å². The van der Waals surface area contributed by atoms with Gasteiger partial charge >= 0.3 is 0 Å². The number of sulfone groups is 1. The van der Waals surface area contributed by atoms with Crippen molar-refractivity contribution in [1.29, 1.82) is 0 Å². The molecule has 0 spiro atoms. The van der Waals surface area contributed by atoms with Gasteiger partial charge in [-0.15, -0.1) is 0 Å². The molecule has 0 amide bonds. The second-order valence-electron chi connectivity index (χ2n) is 7.02. The highest BCUT2D eigenvalue weighted by molar-refractivity contribution is 7.90. The van der Waals surface area contributed by atoms with Gasteiger partial charge in [-0.1, -0.05) is 47.5 Å². The summed E-state index contributed by atoms with van der Waals surface area (Å²) in [5.41, 5.74) is 4.48. The van der Waals surface area contributed by atoms with E-state index in [1.165, 1.54) is 6.26 Å². The quantitative estimate of drug-likeness (QED) is 0.365. The molecule has 0 aliphatic heterocycles. The minimum atomic E-state index is -3.27. The molecule has 4 rings (SSSR count). The molecule has 3 aromatic carbocycles. The average Bonchev–Trinajstić information content (AvgIpc) is 3.18. The van der Waals surface area contributed by atoms with Crippen LogP contribution < -0.4 is 0 Å². The van der Waals surface area contributed by atoms with Crippen LogP contribution in [0.25, 0.3) is 28.2 Å². The Morgan fingerprint density at radius 2 is 1.67 bits per heavy atom. The Kier molecular flexibility index (Phi) is 5.45. The number of imidazole rings is 1. The highest BCUT2D eigenvalue weighted by Crippen LogP contribution is 2.34. The van der Waals surface area contributed by atoms with E-state index in [9.17, 15) is 8.42 Å². The third-order valence-corrected chi connectivity index (χ3v) is 6.81. The lowest BCUT2D eigenvalue weighted by atomic mass is 10.0. The molecule has 0 N–H and O–H groups in total. The summed E-state index contributed by atoms with van der Waals surface area (Å²) in [4.78, 5) is 4.78. The van der Waals surface area contributed by atoms with E-state index in [2.05, 4.69) is 4.98 Å². The molecule has 0 radical (unpaired) electrons. The van der Waals surface area contributed by atoms with Crippen molar-refractivity contribution in [3.63, 3.8) is 0 Å². The Hall–Kier alpha value is -2.60. The summed E-state index contributed by atoms with van der Waals surface area (Å²) >= 11 is 12.6. The first kappa shape index (κ1) is 20.7. The van der Waals surface area contributed by atoms with E-state index >= 15 is 0 Å². The second-order valence-corrected chi connectivity index (χ2v) is 9.82. The maximum absolute atomic E-state index is 11.9. The predicted molar refractivity (Wildman–Crippen MR) is 122 cm³/mol. The number of aryl methyl sites for hydroxylation is 1. The van der Waals surface area contributed by atoms with Gasteiger partial charge in [0.05, 0.1) is 20.6 Å². The van der Waals surface area contributed by atoms with Crippen molar-refractivity contribution in [2.75, 3.05) is 6.26 Å². The van der Waals surface area contributed by atoms with Crippen molar-refractivity contribution >= 4 is 33.0 Å². The molecule has 0 atom stereocenters. The van der Waals surface area contributed by atoms with Gasteiger partial charge in [-0.2, -0.15) is 0 Å². The summed E-state index contributed by atoms with van der Waals surface area (Å²) in [5.74, 6) is 0.692. The van der Waals surface area contributed by atoms with Crippen molar-refractivity contribution < 1.29 is 8.42 Å². The molecule has 0 fully saturated rings. The largest absolute Gasteiger partial charge is 0.299 e. The fraction of sp³-hybridized carbons (Fsp3) is 0.0870. The molecule has 0 unspecified atom stereocenters. The number of hydrogen-bond acceptors (Lipinski definition) is 3. The summed E-state index contributed by atoms with van der Waals surface area (Å²) in [6.07, 6.45) is 4.80. The zero-order chi connectivity index (χ0) is 21.5. The van der Waals surface area contributed by atoms with E-state index in [1.807, 2.05) is 54.1 Å². The van der Waals surface area contributed by atoms with Gasteiger partial charge in [-0.05, 0) is 60.0 Å². The first-order valence-corrected chi connectivity index (χ1v) is 11.8. The lowest BCUT2D eigenvalue weighted by Crippen LogP contribution is -2.00. The van der Waals surface area contributed by atoms with Gasteiger partial charge in [0.2, 0.25) is 0 Å². The molecule has 4 nitrogen and oxygen atoms in total. The SMILES string of the molecule is Cc1cc(-c2cccc(S(C)(=O)=O)c2)ccc1-n1ccnc1-c1cccc(Cl)c1Cl. The molecule has 0 saturated carbocycles. The Labute approximate surface area is 185 Å². The van der Waals surface area contributed by atoms with Crippen molar-refractivity contribution in [1.82, 2.24) is 9.55 Å². The van der Waals surface area contributed by atoms with Gasteiger partial charge in [0.15, 0.2) is 9.84 Å². The zero-order valence-corrected chi connectivity index (χ0v) is 18.6. The van der Waals surface area contributed by atoms with E-state index in [4.69, 9.17) is 23.2 Å². The van der Waals surface area contributed by atoms with Gasteiger partial charge < -0.3 is 0 Å². The van der Waals surface area contributed by atoms with E-state index in [1.54, 1.807) is 30.5 Å². The van der Waals surface area contributed by atoms with Crippen LogP contribution in [0, 0.1) is 6.92 Å². The fourth-order valence-electron chi connectivity index (χ4n) is 3.39. The first-order valence-electron chi connectivity index (χ1n) is 9.15.